The Hall–Kier alpha value is -3.25. The number of fused-ring (bicyclic) bond motifs is 1. The van der Waals surface area contributed by atoms with E-state index in [1.807, 2.05) is 0 Å². The number of ether oxygens (including phenoxy) is 1. The summed E-state index contributed by atoms with van der Waals surface area (Å²) in [6.07, 6.45) is 5.99. The Morgan fingerprint density at radius 3 is 2.49 bits per heavy atom. The summed E-state index contributed by atoms with van der Waals surface area (Å²) < 4.78 is 34.9. The van der Waals surface area contributed by atoms with Gasteiger partial charge in [0.15, 0.2) is 5.65 Å². The van der Waals surface area contributed by atoms with Crippen LogP contribution in [0.3, 0.4) is 0 Å². The molecule has 198 valence electrons. The topological polar surface area (TPSA) is 147 Å². The molecule has 0 radical (unpaired) electrons. The SMILES string of the molecule is COc1cc(S(=O)(=O)N2CCC(C(=O)O)CC2)ccc1-c1nc2c(c(C3CCCCC3)nn2C)c(=O)[nH]1. The van der Waals surface area contributed by atoms with E-state index in [4.69, 9.17) is 4.74 Å². The first-order valence-electron chi connectivity index (χ1n) is 12.6. The summed E-state index contributed by atoms with van der Waals surface area (Å²) in [5, 5.41) is 14.3. The number of nitrogens with zero attached hydrogens (tertiary/aromatic N) is 4. The second-order valence-electron chi connectivity index (χ2n) is 9.84. The molecule has 0 spiro atoms. The number of nitrogens with one attached hydrogen (secondary N) is 1. The predicted octanol–water partition coefficient (Wildman–Crippen LogP) is 2.87. The first kappa shape index (κ1) is 25.4. The molecule has 0 bridgehead atoms. The molecular weight excluding hydrogens is 498 g/mol. The third kappa shape index (κ3) is 4.63. The lowest BCUT2D eigenvalue weighted by Gasteiger charge is -2.29. The van der Waals surface area contributed by atoms with Crippen LogP contribution >= 0.6 is 0 Å². The Morgan fingerprint density at radius 2 is 1.84 bits per heavy atom. The molecule has 1 aliphatic carbocycles. The van der Waals surface area contributed by atoms with Crippen LogP contribution in [-0.4, -0.2) is 63.7 Å². The molecular formula is C25H31N5O6S. The number of carbonyl (C=O) groups is 1. The van der Waals surface area contributed by atoms with E-state index in [-0.39, 0.29) is 53.9 Å². The Labute approximate surface area is 214 Å². The van der Waals surface area contributed by atoms with E-state index in [0.29, 0.717) is 16.6 Å². The van der Waals surface area contributed by atoms with E-state index in [9.17, 15) is 23.1 Å². The Balaban J connectivity index is 1.49. The molecule has 37 heavy (non-hydrogen) atoms. The fourth-order valence-corrected chi connectivity index (χ4v) is 6.98. The average molecular weight is 530 g/mol. The zero-order chi connectivity index (χ0) is 26.3. The molecule has 3 aromatic rings. The normalized spacial score (nSPS) is 18.3. The van der Waals surface area contributed by atoms with Crippen molar-refractivity contribution in [2.75, 3.05) is 20.2 Å². The highest BCUT2D eigenvalue weighted by atomic mass is 32.2. The number of hydrogen-bond donors (Lipinski definition) is 2. The average Bonchev–Trinajstić information content (AvgIpc) is 3.25. The summed E-state index contributed by atoms with van der Waals surface area (Å²) >= 11 is 0. The fraction of sp³-hybridized carbons (Fsp3) is 0.520. The molecule has 1 saturated heterocycles. The van der Waals surface area contributed by atoms with Crippen LogP contribution in [0.4, 0.5) is 0 Å². The van der Waals surface area contributed by atoms with Crippen molar-refractivity contribution in [1.29, 1.82) is 0 Å². The van der Waals surface area contributed by atoms with Gasteiger partial charge in [0, 0.05) is 32.1 Å². The first-order chi connectivity index (χ1) is 17.7. The third-order valence-corrected chi connectivity index (χ3v) is 9.48. The van der Waals surface area contributed by atoms with Gasteiger partial charge >= 0.3 is 5.97 Å². The molecule has 5 rings (SSSR count). The number of aryl methyl sites for hydroxylation is 1. The Kier molecular flexibility index (Phi) is 6.80. The molecule has 2 N–H and O–H groups in total. The maximum Gasteiger partial charge on any atom is 0.306 e. The van der Waals surface area contributed by atoms with Gasteiger partial charge in [0.25, 0.3) is 5.56 Å². The van der Waals surface area contributed by atoms with Gasteiger partial charge in [-0.2, -0.15) is 9.40 Å². The third-order valence-electron chi connectivity index (χ3n) is 7.58. The van der Waals surface area contributed by atoms with Crippen molar-refractivity contribution < 1.29 is 23.1 Å². The summed E-state index contributed by atoms with van der Waals surface area (Å²) in [5.41, 5.74) is 1.43. The second-order valence-corrected chi connectivity index (χ2v) is 11.8. The molecule has 0 unspecified atom stereocenters. The monoisotopic (exact) mass is 529 g/mol. The van der Waals surface area contributed by atoms with Gasteiger partial charge in [0.2, 0.25) is 10.0 Å². The smallest absolute Gasteiger partial charge is 0.306 e. The van der Waals surface area contributed by atoms with Crippen molar-refractivity contribution in [3.8, 4) is 17.1 Å². The molecule has 1 aromatic carbocycles. The highest BCUT2D eigenvalue weighted by Crippen LogP contribution is 2.36. The van der Waals surface area contributed by atoms with Crippen LogP contribution in [0.2, 0.25) is 0 Å². The number of carboxylic acids is 1. The highest BCUT2D eigenvalue weighted by molar-refractivity contribution is 7.89. The number of piperidine rings is 1. The van der Waals surface area contributed by atoms with Crippen LogP contribution in [0.25, 0.3) is 22.4 Å². The van der Waals surface area contributed by atoms with E-state index < -0.39 is 21.9 Å². The minimum atomic E-state index is -3.85. The summed E-state index contributed by atoms with van der Waals surface area (Å²) in [7, 11) is -0.652. The largest absolute Gasteiger partial charge is 0.496 e. The Morgan fingerprint density at radius 1 is 1.14 bits per heavy atom. The molecule has 2 aromatic heterocycles. The van der Waals surface area contributed by atoms with Crippen LogP contribution in [0.15, 0.2) is 27.9 Å². The van der Waals surface area contributed by atoms with Crippen LogP contribution in [0, 0.1) is 5.92 Å². The predicted molar refractivity (Wildman–Crippen MR) is 136 cm³/mol. The molecule has 1 aliphatic heterocycles. The van der Waals surface area contributed by atoms with Crippen LogP contribution in [-0.2, 0) is 21.9 Å². The van der Waals surface area contributed by atoms with Gasteiger partial charge in [-0.15, -0.1) is 0 Å². The second kappa shape index (κ2) is 9.90. The lowest BCUT2D eigenvalue weighted by atomic mass is 9.86. The minimum Gasteiger partial charge on any atom is -0.496 e. The van der Waals surface area contributed by atoms with Gasteiger partial charge in [-0.1, -0.05) is 19.3 Å². The van der Waals surface area contributed by atoms with E-state index >= 15 is 0 Å². The van der Waals surface area contributed by atoms with E-state index in [2.05, 4.69) is 15.1 Å². The van der Waals surface area contributed by atoms with E-state index in [1.165, 1.54) is 30.0 Å². The number of benzene rings is 1. The molecule has 11 nitrogen and oxygen atoms in total. The number of H-pyrrole nitrogens is 1. The number of aromatic nitrogens is 4. The summed E-state index contributed by atoms with van der Waals surface area (Å²) in [5.74, 6) is -0.684. The molecule has 3 heterocycles. The van der Waals surface area contributed by atoms with Crippen LogP contribution < -0.4 is 10.3 Å². The van der Waals surface area contributed by atoms with Crippen molar-refractivity contribution in [3.63, 3.8) is 0 Å². The van der Waals surface area contributed by atoms with Crippen LogP contribution in [0.1, 0.15) is 56.6 Å². The van der Waals surface area contributed by atoms with Crippen LogP contribution in [0.5, 0.6) is 5.75 Å². The maximum atomic E-state index is 13.2. The minimum absolute atomic E-state index is 0.0328. The number of methoxy groups -OCH3 is 1. The van der Waals surface area contributed by atoms with Gasteiger partial charge in [-0.3, -0.25) is 9.59 Å². The molecule has 0 amide bonds. The number of hydrogen-bond acceptors (Lipinski definition) is 7. The highest BCUT2D eigenvalue weighted by Gasteiger charge is 2.33. The van der Waals surface area contributed by atoms with Crippen molar-refractivity contribution in [1.82, 2.24) is 24.1 Å². The lowest BCUT2D eigenvalue weighted by Crippen LogP contribution is -2.40. The standard InChI is InChI=1S/C25H31N5O6S/c1-29-23-20(21(28-29)15-6-4-3-5-7-15)24(31)27-22(26-23)18-9-8-17(14-19(18)36-2)37(34,35)30-12-10-16(11-13-30)25(32)33/h8-9,14-16H,3-7,10-13H2,1-2H3,(H,32,33)(H,26,27,31). The molecule has 12 heteroatoms. The number of rotatable bonds is 6. The Bertz CT molecular complexity index is 1500. The zero-order valence-electron chi connectivity index (χ0n) is 20.9. The van der Waals surface area contributed by atoms with Crippen molar-refractivity contribution in [2.24, 2.45) is 13.0 Å². The summed E-state index contributed by atoms with van der Waals surface area (Å²) in [4.78, 5) is 32.0. The fourth-order valence-electron chi connectivity index (χ4n) is 5.49. The summed E-state index contributed by atoms with van der Waals surface area (Å²) in [6.45, 7) is 0.275. The zero-order valence-corrected chi connectivity index (χ0v) is 21.8. The van der Waals surface area contributed by atoms with Crippen molar-refractivity contribution in [3.05, 3.63) is 34.2 Å². The number of aliphatic carboxylic acids is 1. The number of aromatic amines is 1. The number of sulfonamides is 1. The van der Waals surface area contributed by atoms with Crippen molar-refractivity contribution in [2.45, 2.75) is 55.8 Å². The summed E-state index contributed by atoms with van der Waals surface area (Å²) in [6, 6.07) is 4.43. The van der Waals surface area contributed by atoms with Gasteiger partial charge in [0.05, 0.1) is 29.2 Å². The van der Waals surface area contributed by atoms with Gasteiger partial charge in [-0.05, 0) is 37.8 Å². The van der Waals surface area contributed by atoms with Gasteiger partial charge < -0.3 is 14.8 Å². The van der Waals surface area contributed by atoms with E-state index in [1.54, 1.807) is 17.8 Å². The maximum absolute atomic E-state index is 13.2. The molecule has 2 fully saturated rings. The van der Waals surface area contributed by atoms with Crippen molar-refractivity contribution >= 4 is 27.0 Å². The molecule has 1 saturated carbocycles. The molecule has 0 atom stereocenters. The molecule has 2 aliphatic rings. The van der Waals surface area contributed by atoms with Gasteiger partial charge in [-0.25, -0.2) is 18.1 Å². The van der Waals surface area contributed by atoms with E-state index in [0.717, 1.165) is 31.4 Å². The lowest BCUT2D eigenvalue weighted by molar-refractivity contribution is -0.142. The first-order valence-corrected chi connectivity index (χ1v) is 14.0. The quantitative estimate of drug-likeness (QED) is 0.495. The van der Waals surface area contributed by atoms with Gasteiger partial charge in [0.1, 0.15) is 17.0 Å². The number of carboxylic acid groups (broad SMARTS) is 1.